The van der Waals surface area contributed by atoms with E-state index in [0.29, 0.717) is 28.9 Å². The van der Waals surface area contributed by atoms with E-state index in [0.717, 1.165) is 27.2 Å². The van der Waals surface area contributed by atoms with Crippen LogP contribution in [0.4, 0.5) is 0 Å². The summed E-state index contributed by atoms with van der Waals surface area (Å²) in [5.74, 6) is 1.28. The average molecular weight is 415 g/mol. The number of para-hydroxylation sites is 1. The van der Waals surface area contributed by atoms with Crippen molar-refractivity contribution in [1.82, 2.24) is 15.1 Å². The van der Waals surface area contributed by atoms with Crippen LogP contribution in [0.25, 0.3) is 38.6 Å². The number of H-pyrrole nitrogens is 1. The summed E-state index contributed by atoms with van der Waals surface area (Å²) >= 11 is 1.38. The Kier molecular flexibility index (Phi) is 4.59. The number of hydrogen-bond donors (Lipinski definition) is 1. The Bertz CT molecular complexity index is 1480. The topological polar surface area (TPSA) is 72.0 Å². The van der Waals surface area contributed by atoms with Crippen LogP contribution in [-0.4, -0.2) is 27.9 Å². The third-order valence-electron chi connectivity index (χ3n) is 5.03. The molecule has 0 aliphatic rings. The minimum atomic E-state index is -0.201. The first-order chi connectivity index (χ1) is 14.7. The molecule has 6 nitrogen and oxygen atoms in total. The SMILES string of the molecule is CCOc1ccc2ccccc2c1-c1nc2ccccc2c2c(=O)[nH]c(SC)n[n+]12. The van der Waals surface area contributed by atoms with E-state index in [2.05, 4.69) is 11.1 Å². The van der Waals surface area contributed by atoms with Crippen molar-refractivity contribution >= 4 is 39.0 Å². The van der Waals surface area contributed by atoms with Gasteiger partial charge in [0, 0.05) is 5.39 Å². The number of aromatic nitrogens is 4. The number of ether oxygens (including phenoxy) is 1. The highest BCUT2D eigenvalue weighted by Crippen LogP contribution is 2.35. The first kappa shape index (κ1) is 18.6. The predicted octanol–water partition coefficient (Wildman–Crippen LogP) is 4.00. The van der Waals surface area contributed by atoms with Gasteiger partial charge >= 0.3 is 11.4 Å². The lowest BCUT2D eigenvalue weighted by Crippen LogP contribution is -2.38. The number of nitrogens with zero attached hydrogens (tertiary/aromatic N) is 3. The van der Waals surface area contributed by atoms with Crippen molar-refractivity contribution in [2.24, 2.45) is 0 Å². The summed E-state index contributed by atoms with van der Waals surface area (Å²) in [4.78, 5) is 20.8. The van der Waals surface area contributed by atoms with Crippen LogP contribution >= 0.6 is 11.8 Å². The zero-order valence-electron chi connectivity index (χ0n) is 16.5. The molecule has 0 bridgehead atoms. The molecular weight excluding hydrogens is 396 g/mol. The molecule has 7 heteroatoms. The van der Waals surface area contributed by atoms with Gasteiger partial charge in [-0.05, 0) is 41.7 Å². The zero-order valence-corrected chi connectivity index (χ0v) is 17.4. The molecule has 0 amide bonds. The average Bonchev–Trinajstić information content (AvgIpc) is 2.78. The van der Waals surface area contributed by atoms with Gasteiger partial charge in [-0.1, -0.05) is 63.8 Å². The van der Waals surface area contributed by atoms with Crippen molar-refractivity contribution < 1.29 is 9.25 Å². The molecule has 0 aliphatic carbocycles. The molecule has 0 fully saturated rings. The van der Waals surface area contributed by atoms with Crippen molar-refractivity contribution in [3.63, 3.8) is 0 Å². The molecule has 0 saturated carbocycles. The number of nitrogens with one attached hydrogen (secondary N) is 1. The van der Waals surface area contributed by atoms with Crippen LogP contribution in [0.5, 0.6) is 5.75 Å². The molecule has 0 aliphatic heterocycles. The van der Waals surface area contributed by atoms with E-state index >= 15 is 0 Å². The van der Waals surface area contributed by atoms with Gasteiger partial charge in [0.25, 0.3) is 0 Å². The lowest BCUT2D eigenvalue weighted by Gasteiger charge is -2.11. The Morgan fingerprint density at radius 1 is 1.03 bits per heavy atom. The van der Waals surface area contributed by atoms with E-state index in [1.807, 2.05) is 67.8 Å². The summed E-state index contributed by atoms with van der Waals surface area (Å²) in [6, 6.07) is 19.7. The Morgan fingerprint density at radius 3 is 2.60 bits per heavy atom. The predicted molar refractivity (Wildman–Crippen MR) is 119 cm³/mol. The van der Waals surface area contributed by atoms with E-state index in [4.69, 9.17) is 14.8 Å². The van der Waals surface area contributed by atoms with Crippen molar-refractivity contribution in [1.29, 1.82) is 0 Å². The summed E-state index contributed by atoms with van der Waals surface area (Å²) in [7, 11) is 0. The fourth-order valence-corrected chi connectivity index (χ4v) is 4.11. The van der Waals surface area contributed by atoms with Gasteiger partial charge in [-0.15, -0.1) is 0 Å². The molecular formula is C23H19N4O2S+. The van der Waals surface area contributed by atoms with E-state index in [1.54, 1.807) is 4.52 Å². The number of fused-ring (bicyclic) bond motifs is 4. The normalized spacial score (nSPS) is 11.4. The van der Waals surface area contributed by atoms with Crippen LogP contribution in [0.1, 0.15) is 6.92 Å². The van der Waals surface area contributed by atoms with Crippen LogP contribution in [0, 0.1) is 0 Å². The first-order valence-electron chi connectivity index (χ1n) is 9.65. The highest BCUT2D eigenvalue weighted by Gasteiger charge is 2.27. The highest BCUT2D eigenvalue weighted by molar-refractivity contribution is 7.98. The standard InChI is InChI=1S/C23H18N4O2S/c1-3-29-18-13-12-14-8-4-5-9-15(14)19(18)21-24-17-11-7-6-10-16(17)20-22(28)25-23(30-2)26-27(20)21/h4-13H,3H2,1-2H3/p+1. The number of rotatable bonds is 4. The summed E-state index contributed by atoms with van der Waals surface area (Å²) in [5, 5.41) is 8.03. The van der Waals surface area contributed by atoms with Gasteiger partial charge in [-0.25, -0.2) is 0 Å². The van der Waals surface area contributed by atoms with Crippen LogP contribution < -0.4 is 14.8 Å². The molecule has 0 atom stereocenters. The lowest BCUT2D eigenvalue weighted by molar-refractivity contribution is -0.577. The van der Waals surface area contributed by atoms with Gasteiger partial charge in [0.1, 0.15) is 11.3 Å². The number of benzene rings is 3. The molecule has 0 saturated heterocycles. The second-order valence-electron chi connectivity index (χ2n) is 6.77. The monoisotopic (exact) mass is 415 g/mol. The Hall–Kier alpha value is -3.45. The van der Waals surface area contributed by atoms with Crippen molar-refractivity contribution in [3.05, 3.63) is 71.0 Å². The molecule has 148 valence electrons. The third-order valence-corrected chi connectivity index (χ3v) is 5.60. The highest BCUT2D eigenvalue weighted by atomic mass is 32.2. The molecule has 0 spiro atoms. The van der Waals surface area contributed by atoms with Crippen molar-refractivity contribution in [2.45, 2.75) is 12.1 Å². The summed E-state index contributed by atoms with van der Waals surface area (Å²) in [5.41, 5.74) is 1.81. The van der Waals surface area contributed by atoms with E-state index in [9.17, 15) is 4.79 Å². The molecule has 0 radical (unpaired) electrons. The molecule has 30 heavy (non-hydrogen) atoms. The van der Waals surface area contributed by atoms with Gasteiger partial charge in [0.2, 0.25) is 10.7 Å². The van der Waals surface area contributed by atoms with Gasteiger partial charge in [0.15, 0.2) is 5.52 Å². The second kappa shape index (κ2) is 7.42. The zero-order chi connectivity index (χ0) is 20.7. The number of hydrogen-bond acceptors (Lipinski definition) is 5. The van der Waals surface area contributed by atoms with Crippen molar-refractivity contribution in [3.8, 4) is 17.1 Å². The van der Waals surface area contributed by atoms with Crippen LogP contribution in [0.15, 0.2) is 70.6 Å². The maximum Gasteiger partial charge on any atom is 0.361 e. The summed E-state index contributed by atoms with van der Waals surface area (Å²) in [6.45, 7) is 2.47. The molecule has 0 unspecified atom stereocenters. The maximum atomic E-state index is 13.0. The van der Waals surface area contributed by atoms with Crippen LogP contribution in [0.3, 0.4) is 0 Å². The lowest BCUT2D eigenvalue weighted by atomic mass is 10.0. The molecule has 2 aromatic heterocycles. The fourth-order valence-electron chi connectivity index (χ4n) is 3.75. The minimum absolute atomic E-state index is 0.201. The quantitative estimate of drug-likeness (QED) is 0.273. The molecule has 1 N–H and O–H groups in total. The first-order valence-corrected chi connectivity index (χ1v) is 10.9. The third kappa shape index (κ3) is 2.90. The summed E-state index contributed by atoms with van der Waals surface area (Å²) in [6.07, 6.45) is 1.88. The molecule has 5 aromatic rings. The van der Waals surface area contributed by atoms with Gasteiger partial charge in [-0.2, -0.15) is 0 Å². The number of thioether (sulfide) groups is 1. The maximum absolute atomic E-state index is 13.0. The van der Waals surface area contributed by atoms with E-state index in [1.165, 1.54) is 11.8 Å². The number of aromatic amines is 1. The molecule has 5 rings (SSSR count). The van der Waals surface area contributed by atoms with Gasteiger partial charge < -0.3 is 4.74 Å². The second-order valence-corrected chi connectivity index (χ2v) is 7.56. The minimum Gasteiger partial charge on any atom is -0.493 e. The van der Waals surface area contributed by atoms with E-state index in [-0.39, 0.29) is 5.56 Å². The largest absolute Gasteiger partial charge is 0.493 e. The Balaban J connectivity index is 2.02. The smallest absolute Gasteiger partial charge is 0.361 e. The molecule has 2 heterocycles. The molecule has 3 aromatic carbocycles. The van der Waals surface area contributed by atoms with E-state index < -0.39 is 0 Å². The fraction of sp³-hybridized carbons (Fsp3) is 0.130. The van der Waals surface area contributed by atoms with Crippen LogP contribution in [0.2, 0.25) is 0 Å². The summed E-state index contributed by atoms with van der Waals surface area (Å²) < 4.78 is 7.63. The van der Waals surface area contributed by atoms with Crippen LogP contribution in [-0.2, 0) is 0 Å². The van der Waals surface area contributed by atoms with Crippen molar-refractivity contribution in [2.75, 3.05) is 12.9 Å². The van der Waals surface area contributed by atoms with Gasteiger partial charge in [0.05, 0.1) is 12.0 Å². The Morgan fingerprint density at radius 2 is 1.80 bits per heavy atom. The van der Waals surface area contributed by atoms with Gasteiger partial charge in [-0.3, -0.25) is 9.78 Å². The Labute approximate surface area is 176 Å².